The predicted octanol–water partition coefficient (Wildman–Crippen LogP) is 2.43. The zero-order chi connectivity index (χ0) is 22.1. The molecular weight excluding hydrogens is 404 g/mol. The lowest BCUT2D eigenvalue weighted by Crippen LogP contribution is -2.44. The van der Waals surface area contributed by atoms with Crippen LogP contribution in [0.4, 0.5) is 11.6 Å². The Hall–Kier alpha value is -3.85. The van der Waals surface area contributed by atoms with E-state index in [1.807, 2.05) is 49.8 Å². The van der Waals surface area contributed by atoms with Crippen LogP contribution in [0.5, 0.6) is 0 Å². The summed E-state index contributed by atoms with van der Waals surface area (Å²) in [5.74, 6) is 0.986. The summed E-state index contributed by atoms with van der Waals surface area (Å²) in [6, 6.07) is 11.3. The maximum Gasteiger partial charge on any atom is 0.257 e. The van der Waals surface area contributed by atoms with Gasteiger partial charge in [0, 0.05) is 62.1 Å². The van der Waals surface area contributed by atoms with Gasteiger partial charge in [0.25, 0.3) is 5.91 Å². The summed E-state index contributed by atoms with van der Waals surface area (Å²) in [6.45, 7) is 3.74. The normalized spacial score (nSPS) is 14.6. The summed E-state index contributed by atoms with van der Waals surface area (Å²) in [6.07, 6.45) is 5.45. The number of fused-ring (bicyclic) bond motifs is 1. The zero-order valence-electron chi connectivity index (χ0n) is 18.1. The molecule has 1 aliphatic heterocycles. The minimum absolute atomic E-state index is 0.236. The Morgan fingerprint density at radius 3 is 2.59 bits per heavy atom. The highest BCUT2D eigenvalue weighted by Crippen LogP contribution is 2.24. The molecule has 0 spiro atoms. The maximum atomic E-state index is 12.9. The van der Waals surface area contributed by atoms with Gasteiger partial charge in [-0.2, -0.15) is 5.10 Å². The zero-order valence-corrected chi connectivity index (χ0v) is 18.1. The van der Waals surface area contributed by atoms with E-state index in [0.29, 0.717) is 11.4 Å². The number of pyridine rings is 1. The fourth-order valence-electron chi connectivity index (χ4n) is 3.81. The third-order valence-corrected chi connectivity index (χ3v) is 5.70. The highest BCUT2D eigenvalue weighted by atomic mass is 16.1. The Bertz CT molecular complexity index is 1280. The van der Waals surface area contributed by atoms with Crippen LogP contribution in [0, 0.1) is 0 Å². The molecule has 1 aliphatic rings. The lowest BCUT2D eigenvalue weighted by Gasteiger charge is -2.33. The molecule has 0 aliphatic carbocycles. The molecule has 4 heterocycles. The number of nitrogens with one attached hydrogen (secondary N) is 1. The van der Waals surface area contributed by atoms with E-state index in [9.17, 15) is 4.79 Å². The van der Waals surface area contributed by atoms with E-state index in [2.05, 4.69) is 42.4 Å². The number of hydrogen-bond donors (Lipinski definition) is 1. The van der Waals surface area contributed by atoms with Crippen molar-refractivity contribution in [3.8, 4) is 11.1 Å². The monoisotopic (exact) mass is 428 g/mol. The van der Waals surface area contributed by atoms with E-state index in [1.54, 1.807) is 16.9 Å². The number of piperazine rings is 1. The molecule has 32 heavy (non-hydrogen) atoms. The van der Waals surface area contributed by atoms with Crippen LogP contribution in [0.15, 0.2) is 55.0 Å². The van der Waals surface area contributed by atoms with Crippen molar-refractivity contribution in [2.24, 2.45) is 7.05 Å². The van der Waals surface area contributed by atoms with Gasteiger partial charge in [0.1, 0.15) is 5.82 Å². The fraction of sp³-hybridized carbons (Fsp3) is 0.261. The number of anilines is 2. The number of aryl methyl sites for hydroxylation is 1. The van der Waals surface area contributed by atoms with Crippen molar-refractivity contribution in [2.75, 3.05) is 43.4 Å². The second-order valence-corrected chi connectivity index (χ2v) is 8.05. The van der Waals surface area contributed by atoms with Crippen LogP contribution in [0.2, 0.25) is 0 Å². The van der Waals surface area contributed by atoms with Crippen molar-refractivity contribution in [3.63, 3.8) is 0 Å². The number of hydrogen-bond acceptors (Lipinski definition) is 7. The molecule has 9 heteroatoms. The van der Waals surface area contributed by atoms with Crippen molar-refractivity contribution >= 4 is 28.4 Å². The topological polar surface area (TPSA) is 92.1 Å². The summed E-state index contributed by atoms with van der Waals surface area (Å²) in [5, 5.41) is 16.4. The van der Waals surface area contributed by atoms with Crippen LogP contribution in [-0.2, 0) is 7.05 Å². The Morgan fingerprint density at radius 1 is 0.969 bits per heavy atom. The summed E-state index contributed by atoms with van der Waals surface area (Å²) in [5.41, 5.74) is 3.35. The molecule has 0 radical (unpaired) electrons. The van der Waals surface area contributed by atoms with E-state index < -0.39 is 0 Å². The minimum Gasteiger partial charge on any atom is -0.354 e. The first kappa shape index (κ1) is 20.1. The molecule has 4 aromatic rings. The number of nitrogens with zero attached hydrogens (tertiary/aromatic N) is 7. The molecule has 1 fully saturated rings. The maximum absolute atomic E-state index is 12.9. The highest BCUT2D eigenvalue weighted by molar-refractivity contribution is 6.04. The van der Waals surface area contributed by atoms with Crippen molar-refractivity contribution < 1.29 is 4.79 Å². The number of amides is 1. The third kappa shape index (κ3) is 4.15. The van der Waals surface area contributed by atoms with Gasteiger partial charge < -0.3 is 15.1 Å². The number of benzene rings is 1. The Morgan fingerprint density at radius 2 is 1.81 bits per heavy atom. The standard InChI is InChI=1S/C23H24N8O/c1-29-7-9-31(10-8-29)22-13-17(5-6-24-22)23(32)26-21-12-18-11-16(3-4-20(18)27-28-21)19-14-25-30(2)15-19/h3-6,11-15H,7-10H2,1-2H3,(H,26,28,32). The molecule has 3 aromatic heterocycles. The van der Waals surface area contributed by atoms with Gasteiger partial charge in [0.2, 0.25) is 0 Å². The summed E-state index contributed by atoms with van der Waals surface area (Å²) < 4.78 is 1.76. The molecule has 1 N–H and O–H groups in total. The third-order valence-electron chi connectivity index (χ3n) is 5.70. The second-order valence-electron chi connectivity index (χ2n) is 8.05. The summed E-state index contributed by atoms with van der Waals surface area (Å²) in [7, 11) is 4.00. The molecular formula is C23H24N8O. The van der Waals surface area contributed by atoms with E-state index >= 15 is 0 Å². The van der Waals surface area contributed by atoms with Crippen LogP contribution in [0.1, 0.15) is 10.4 Å². The SMILES string of the molecule is CN1CCN(c2cc(C(=O)Nc3cc4cc(-c5cnn(C)c5)ccc4nn3)ccn2)CC1. The van der Waals surface area contributed by atoms with Gasteiger partial charge in [-0.05, 0) is 42.9 Å². The van der Waals surface area contributed by atoms with E-state index in [0.717, 1.165) is 54.0 Å². The van der Waals surface area contributed by atoms with Gasteiger partial charge >= 0.3 is 0 Å². The Balaban J connectivity index is 1.36. The van der Waals surface area contributed by atoms with Crippen LogP contribution >= 0.6 is 0 Å². The Labute approximate surface area is 185 Å². The fourth-order valence-corrected chi connectivity index (χ4v) is 3.81. The molecule has 1 aromatic carbocycles. The largest absolute Gasteiger partial charge is 0.354 e. The lowest BCUT2D eigenvalue weighted by atomic mass is 10.1. The van der Waals surface area contributed by atoms with Gasteiger partial charge in [-0.15, -0.1) is 10.2 Å². The van der Waals surface area contributed by atoms with Crippen LogP contribution in [0.25, 0.3) is 22.0 Å². The lowest BCUT2D eigenvalue weighted by molar-refractivity contribution is 0.102. The summed E-state index contributed by atoms with van der Waals surface area (Å²) in [4.78, 5) is 21.8. The van der Waals surface area contributed by atoms with Crippen molar-refractivity contribution in [2.45, 2.75) is 0 Å². The average molecular weight is 429 g/mol. The molecule has 1 saturated heterocycles. The average Bonchev–Trinajstić information content (AvgIpc) is 3.25. The molecule has 162 valence electrons. The first-order chi connectivity index (χ1) is 15.5. The first-order valence-electron chi connectivity index (χ1n) is 10.5. The number of likely N-dealkylation sites (N-methyl/N-ethyl adjacent to an activating group) is 1. The Kier molecular flexibility index (Phi) is 5.24. The number of rotatable bonds is 4. The minimum atomic E-state index is -0.236. The van der Waals surface area contributed by atoms with Crippen LogP contribution in [-0.4, -0.2) is 69.0 Å². The molecule has 0 saturated carbocycles. The molecule has 5 rings (SSSR count). The molecule has 9 nitrogen and oxygen atoms in total. The van der Waals surface area contributed by atoms with E-state index in [4.69, 9.17) is 0 Å². The number of carbonyl (C=O) groups excluding carboxylic acids is 1. The highest BCUT2D eigenvalue weighted by Gasteiger charge is 2.17. The molecule has 0 bridgehead atoms. The second kappa shape index (κ2) is 8.35. The molecule has 0 unspecified atom stereocenters. The number of aromatic nitrogens is 5. The van der Waals surface area contributed by atoms with Crippen molar-refractivity contribution in [1.29, 1.82) is 0 Å². The predicted molar refractivity (Wildman–Crippen MR) is 124 cm³/mol. The molecule has 1 amide bonds. The van der Waals surface area contributed by atoms with Crippen LogP contribution < -0.4 is 10.2 Å². The number of carbonyl (C=O) groups is 1. The quantitative estimate of drug-likeness (QED) is 0.534. The van der Waals surface area contributed by atoms with Gasteiger partial charge in [-0.1, -0.05) is 6.07 Å². The van der Waals surface area contributed by atoms with Gasteiger partial charge in [-0.25, -0.2) is 4.98 Å². The smallest absolute Gasteiger partial charge is 0.257 e. The van der Waals surface area contributed by atoms with Crippen molar-refractivity contribution in [1.82, 2.24) is 29.9 Å². The van der Waals surface area contributed by atoms with Gasteiger partial charge in [-0.3, -0.25) is 9.48 Å². The van der Waals surface area contributed by atoms with Gasteiger partial charge in [0.05, 0.1) is 11.7 Å². The van der Waals surface area contributed by atoms with E-state index in [1.165, 1.54) is 0 Å². The van der Waals surface area contributed by atoms with Crippen molar-refractivity contribution in [3.05, 3.63) is 60.6 Å². The van der Waals surface area contributed by atoms with Crippen LogP contribution in [0.3, 0.4) is 0 Å². The first-order valence-corrected chi connectivity index (χ1v) is 10.5. The molecule has 0 atom stereocenters. The summed E-state index contributed by atoms with van der Waals surface area (Å²) >= 11 is 0. The van der Waals surface area contributed by atoms with Gasteiger partial charge in [0.15, 0.2) is 5.82 Å². The van der Waals surface area contributed by atoms with E-state index in [-0.39, 0.29) is 5.91 Å².